The third kappa shape index (κ3) is 3.20. The van der Waals surface area contributed by atoms with Crippen molar-refractivity contribution in [3.05, 3.63) is 70.1 Å². The van der Waals surface area contributed by atoms with Gasteiger partial charge in [-0.05, 0) is 50.1 Å². The second-order valence-corrected chi connectivity index (χ2v) is 5.97. The van der Waals surface area contributed by atoms with E-state index in [9.17, 15) is 4.79 Å². The van der Waals surface area contributed by atoms with Crippen LogP contribution in [0.2, 0.25) is 0 Å². The van der Waals surface area contributed by atoms with Crippen molar-refractivity contribution in [1.82, 2.24) is 4.98 Å². The summed E-state index contributed by atoms with van der Waals surface area (Å²) < 4.78 is 0. The topological polar surface area (TPSA) is 37.3 Å². The van der Waals surface area contributed by atoms with E-state index in [1.165, 1.54) is 4.90 Å². The molecule has 1 aromatic heterocycles. The minimum atomic E-state index is 0.142. The molecule has 22 heavy (non-hydrogen) atoms. The Hall–Kier alpha value is -2.13. The van der Waals surface area contributed by atoms with E-state index >= 15 is 0 Å². The molecular weight excluding hydrogens is 272 g/mol. The molecule has 0 aliphatic rings. The summed E-state index contributed by atoms with van der Waals surface area (Å²) >= 11 is 0. The maximum atomic E-state index is 12.9. The van der Waals surface area contributed by atoms with Crippen LogP contribution in [0.1, 0.15) is 22.4 Å². The molecule has 0 radical (unpaired) electrons. The highest BCUT2D eigenvalue weighted by Gasteiger charge is 2.15. The molecule has 0 spiro atoms. The van der Waals surface area contributed by atoms with Crippen LogP contribution >= 0.6 is 0 Å². The number of quaternary nitrogens is 1. The molecule has 2 aromatic rings. The summed E-state index contributed by atoms with van der Waals surface area (Å²) in [5.41, 5.74) is 5.13. The van der Waals surface area contributed by atoms with E-state index in [4.69, 9.17) is 0 Å². The highest BCUT2D eigenvalue weighted by molar-refractivity contribution is 5.83. The fourth-order valence-corrected chi connectivity index (χ4v) is 3.01. The van der Waals surface area contributed by atoms with Gasteiger partial charge in [-0.25, -0.2) is 0 Å². The minimum Gasteiger partial charge on any atom is -0.358 e. The summed E-state index contributed by atoms with van der Waals surface area (Å²) in [6.45, 7) is 16.0. The minimum absolute atomic E-state index is 0.142. The van der Waals surface area contributed by atoms with Gasteiger partial charge in [0.1, 0.15) is 6.54 Å². The lowest BCUT2D eigenvalue weighted by atomic mass is 10.0. The lowest BCUT2D eigenvalue weighted by Gasteiger charge is -2.17. The highest BCUT2D eigenvalue weighted by Crippen LogP contribution is 2.17. The van der Waals surface area contributed by atoms with Crippen molar-refractivity contribution in [3.8, 4) is 0 Å². The van der Waals surface area contributed by atoms with E-state index in [0.717, 1.165) is 46.4 Å². The Kier molecular flexibility index (Phi) is 4.99. The third-order valence-electron chi connectivity index (χ3n) is 4.06. The molecule has 0 fully saturated rings. The van der Waals surface area contributed by atoms with Crippen LogP contribution in [-0.2, 0) is 6.54 Å². The van der Waals surface area contributed by atoms with Gasteiger partial charge >= 0.3 is 0 Å². The fourth-order valence-electron chi connectivity index (χ4n) is 3.01. The number of pyridine rings is 1. The van der Waals surface area contributed by atoms with E-state index in [1.807, 2.05) is 39.0 Å². The molecule has 0 aliphatic carbocycles. The Morgan fingerprint density at radius 3 is 2.36 bits per heavy atom. The van der Waals surface area contributed by atoms with Gasteiger partial charge in [0.2, 0.25) is 0 Å². The van der Waals surface area contributed by atoms with E-state index in [2.05, 4.69) is 24.2 Å². The fraction of sp³-hybridized carbons (Fsp3) is 0.316. The Labute approximate surface area is 132 Å². The van der Waals surface area contributed by atoms with Crippen LogP contribution in [0.5, 0.6) is 0 Å². The zero-order chi connectivity index (χ0) is 16.3. The summed E-state index contributed by atoms with van der Waals surface area (Å²) in [5, 5.41) is 0.787. The van der Waals surface area contributed by atoms with Crippen LogP contribution in [0.15, 0.2) is 42.2 Å². The summed E-state index contributed by atoms with van der Waals surface area (Å²) in [5.74, 6) is 0. The summed E-state index contributed by atoms with van der Waals surface area (Å²) in [6, 6.07) is 4.08. The Bertz CT molecular complexity index is 761. The van der Waals surface area contributed by atoms with Crippen molar-refractivity contribution in [3.63, 3.8) is 0 Å². The smallest absolute Gasteiger partial charge is 0.198 e. The second-order valence-electron chi connectivity index (χ2n) is 5.97. The first kappa shape index (κ1) is 16.2. The zero-order valence-electron chi connectivity index (χ0n) is 13.8. The van der Waals surface area contributed by atoms with Gasteiger partial charge in [0.25, 0.3) is 0 Å². The Balaban J connectivity index is 2.57. The average molecular weight is 297 g/mol. The van der Waals surface area contributed by atoms with E-state index in [0.29, 0.717) is 6.54 Å². The van der Waals surface area contributed by atoms with Crippen LogP contribution in [0.3, 0.4) is 0 Å². The SMILES string of the molecule is C=CC[NH+](CC=C)Cc1c(C)[nH]c2c(C)cc(C)cc2c1=O. The number of aromatic amines is 1. The predicted octanol–water partition coefficient (Wildman–Crippen LogP) is 2.21. The van der Waals surface area contributed by atoms with Crippen LogP contribution in [0.4, 0.5) is 0 Å². The van der Waals surface area contributed by atoms with E-state index in [-0.39, 0.29) is 5.43 Å². The first-order valence-electron chi connectivity index (χ1n) is 7.66. The number of rotatable bonds is 6. The third-order valence-corrected chi connectivity index (χ3v) is 4.06. The van der Waals surface area contributed by atoms with Crippen molar-refractivity contribution in [2.24, 2.45) is 0 Å². The Morgan fingerprint density at radius 2 is 1.77 bits per heavy atom. The molecule has 0 saturated heterocycles. The van der Waals surface area contributed by atoms with Gasteiger partial charge in [0.05, 0.1) is 24.2 Å². The number of aryl methyl sites for hydroxylation is 3. The highest BCUT2D eigenvalue weighted by atomic mass is 16.1. The normalized spacial score (nSPS) is 11.1. The summed E-state index contributed by atoms with van der Waals surface area (Å²) in [7, 11) is 0. The first-order chi connectivity index (χ1) is 10.5. The molecule has 116 valence electrons. The monoisotopic (exact) mass is 297 g/mol. The Morgan fingerprint density at radius 1 is 1.14 bits per heavy atom. The number of nitrogens with one attached hydrogen (secondary N) is 2. The van der Waals surface area contributed by atoms with Gasteiger partial charge in [-0.1, -0.05) is 19.2 Å². The number of fused-ring (bicyclic) bond motifs is 1. The van der Waals surface area contributed by atoms with Crippen LogP contribution in [0, 0.1) is 20.8 Å². The van der Waals surface area contributed by atoms with Gasteiger partial charge in [0, 0.05) is 11.1 Å². The standard InChI is InChI=1S/C19H24N2O/c1-6-8-21(9-7-2)12-17-15(5)20-18-14(4)10-13(3)11-16(18)19(17)22/h6-7,10-11H,1-2,8-9,12H2,3-5H3,(H,20,22)/p+1. The molecule has 0 unspecified atom stereocenters. The van der Waals surface area contributed by atoms with Gasteiger partial charge < -0.3 is 9.88 Å². The average Bonchev–Trinajstić information content (AvgIpc) is 2.45. The van der Waals surface area contributed by atoms with Gasteiger partial charge in [-0.3, -0.25) is 4.79 Å². The van der Waals surface area contributed by atoms with E-state index < -0.39 is 0 Å². The molecule has 1 heterocycles. The van der Waals surface area contributed by atoms with Gasteiger partial charge in [0.15, 0.2) is 5.43 Å². The van der Waals surface area contributed by atoms with Crippen molar-refractivity contribution in [2.45, 2.75) is 27.3 Å². The number of hydrogen-bond donors (Lipinski definition) is 2. The molecule has 0 saturated carbocycles. The van der Waals surface area contributed by atoms with Crippen molar-refractivity contribution < 1.29 is 4.90 Å². The van der Waals surface area contributed by atoms with Gasteiger partial charge in [-0.2, -0.15) is 0 Å². The summed E-state index contributed by atoms with van der Waals surface area (Å²) in [4.78, 5) is 17.6. The molecule has 2 rings (SSSR count). The van der Waals surface area contributed by atoms with Crippen molar-refractivity contribution in [1.29, 1.82) is 0 Å². The predicted molar refractivity (Wildman–Crippen MR) is 93.6 cm³/mol. The molecule has 1 aromatic carbocycles. The lowest BCUT2D eigenvalue weighted by molar-refractivity contribution is -0.902. The molecule has 0 atom stereocenters. The molecule has 3 nitrogen and oxygen atoms in total. The van der Waals surface area contributed by atoms with Crippen LogP contribution in [0.25, 0.3) is 10.9 Å². The first-order valence-corrected chi connectivity index (χ1v) is 7.66. The van der Waals surface area contributed by atoms with Crippen LogP contribution < -0.4 is 10.3 Å². The largest absolute Gasteiger partial charge is 0.358 e. The molecule has 2 N–H and O–H groups in total. The van der Waals surface area contributed by atoms with Crippen molar-refractivity contribution >= 4 is 10.9 Å². The molecule has 0 bridgehead atoms. The molecule has 0 aliphatic heterocycles. The molecule has 0 amide bonds. The lowest BCUT2D eigenvalue weighted by Crippen LogP contribution is -3.10. The maximum Gasteiger partial charge on any atom is 0.198 e. The zero-order valence-corrected chi connectivity index (χ0v) is 13.8. The number of hydrogen-bond acceptors (Lipinski definition) is 1. The quantitative estimate of drug-likeness (QED) is 0.788. The number of H-pyrrole nitrogens is 1. The van der Waals surface area contributed by atoms with Crippen LogP contribution in [-0.4, -0.2) is 18.1 Å². The number of benzene rings is 1. The van der Waals surface area contributed by atoms with Gasteiger partial charge in [-0.15, -0.1) is 0 Å². The number of aromatic nitrogens is 1. The summed E-state index contributed by atoms with van der Waals surface area (Å²) in [6.07, 6.45) is 3.77. The molecule has 3 heteroatoms. The molecular formula is C19H25N2O+. The maximum absolute atomic E-state index is 12.9. The second kappa shape index (κ2) is 6.75. The van der Waals surface area contributed by atoms with Crippen molar-refractivity contribution in [2.75, 3.05) is 13.1 Å². The van der Waals surface area contributed by atoms with E-state index in [1.54, 1.807) is 0 Å².